The van der Waals surface area contributed by atoms with Crippen LogP contribution in [0.25, 0.3) is 0 Å². The molecule has 1 aromatic rings. The molecule has 8 heteroatoms. The first-order valence-electron chi connectivity index (χ1n) is 11.9. The van der Waals surface area contributed by atoms with Gasteiger partial charge in [-0.05, 0) is 50.5 Å². The van der Waals surface area contributed by atoms with Crippen molar-refractivity contribution in [2.24, 2.45) is 17.8 Å². The van der Waals surface area contributed by atoms with Crippen LogP contribution < -0.4 is 4.90 Å². The second kappa shape index (κ2) is 10.7. The molecule has 0 N–H and O–H groups in total. The topological polar surface area (TPSA) is 76.2 Å². The van der Waals surface area contributed by atoms with Gasteiger partial charge in [-0.3, -0.25) is 9.59 Å². The summed E-state index contributed by atoms with van der Waals surface area (Å²) in [6, 6.07) is 1.78. The maximum atomic E-state index is 13.7. The Morgan fingerprint density at radius 1 is 1.15 bits per heavy atom. The molecule has 0 radical (unpaired) electrons. The van der Waals surface area contributed by atoms with Gasteiger partial charge in [-0.25, -0.2) is 4.79 Å². The lowest BCUT2D eigenvalue weighted by Gasteiger charge is -2.33. The maximum absolute atomic E-state index is 13.7. The van der Waals surface area contributed by atoms with Gasteiger partial charge >= 0.3 is 5.97 Å². The van der Waals surface area contributed by atoms with Crippen LogP contribution in [0, 0.1) is 29.6 Å². The first-order chi connectivity index (χ1) is 16.0. The summed E-state index contributed by atoms with van der Waals surface area (Å²) >= 11 is 1.23. The quantitative estimate of drug-likeness (QED) is 0.485. The van der Waals surface area contributed by atoms with Crippen molar-refractivity contribution < 1.29 is 23.9 Å². The highest BCUT2D eigenvalue weighted by atomic mass is 32.1. The van der Waals surface area contributed by atoms with Crippen molar-refractivity contribution in [3.8, 4) is 11.8 Å². The number of carbonyl (C=O) groups is 3. The van der Waals surface area contributed by atoms with Gasteiger partial charge in [-0.15, -0.1) is 11.3 Å². The van der Waals surface area contributed by atoms with Crippen LogP contribution in [0.1, 0.15) is 60.0 Å². The Hall–Kier alpha value is -2.37. The molecule has 0 atom stereocenters. The Morgan fingerprint density at radius 2 is 1.85 bits per heavy atom. The van der Waals surface area contributed by atoms with Crippen LogP contribution in [0.5, 0.6) is 0 Å². The molecule has 1 aliphatic heterocycles. The Morgan fingerprint density at radius 3 is 2.48 bits per heavy atom. The number of morpholine rings is 1. The molecule has 4 rings (SSSR count). The van der Waals surface area contributed by atoms with E-state index < -0.39 is 5.97 Å². The molecule has 2 aliphatic carbocycles. The van der Waals surface area contributed by atoms with Gasteiger partial charge in [-0.2, -0.15) is 0 Å². The number of rotatable bonds is 5. The second-order valence-corrected chi connectivity index (χ2v) is 10.3. The van der Waals surface area contributed by atoms with Crippen molar-refractivity contribution >= 4 is 34.8 Å². The van der Waals surface area contributed by atoms with Crippen molar-refractivity contribution in [3.05, 3.63) is 15.8 Å². The average molecular weight is 473 g/mol. The Labute approximate surface area is 199 Å². The molecule has 33 heavy (non-hydrogen) atoms. The smallest absolute Gasteiger partial charge is 0.350 e. The number of carbonyl (C=O) groups excluding carboxylic acids is 3. The molecule has 2 saturated carbocycles. The minimum absolute atomic E-state index is 0.0897. The highest BCUT2D eigenvalue weighted by molar-refractivity contribution is 7.15. The lowest BCUT2D eigenvalue weighted by Crippen LogP contribution is -2.49. The zero-order valence-electron chi connectivity index (χ0n) is 19.4. The van der Waals surface area contributed by atoms with E-state index in [0.29, 0.717) is 53.6 Å². The fraction of sp³-hybridized carbons (Fsp3) is 0.640. The summed E-state index contributed by atoms with van der Waals surface area (Å²) in [7, 11) is 1.33. The van der Waals surface area contributed by atoms with Gasteiger partial charge in [0.05, 0.1) is 30.9 Å². The summed E-state index contributed by atoms with van der Waals surface area (Å²) in [6.07, 6.45) is 5.80. The Bertz CT molecular complexity index is 944. The van der Waals surface area contributed by atoms with Gasteiger partial charge in [0.1, 0.15) is 11.4 Å². The third kappa shape index (κ3) is 5.96. The zero-order chi connectivity index (χ0) is 23.4. The third-order valence-electron chi connectivity index (χ3n) is 6.64. The highest BCUT2D eigenvalue weighted by Gasteiger charge is 2.34. The minimum atomic E-state index is -0.511. The lowest BCUT2D eigenvalue weighted by molar-refractivity contribution is -0.135. The van der Waals surface area contributed by atoms with E-state index in [1.54, 1.807) is 11.0 Å². The van der Waals surface area contributed by atoms with E-state index in [1.165, 1.54) is 23.3 Å². The summed E-state index contributed by atoms with van der Waals surface area (Å²) in [6.45, 7) is 4.11. The number of methoxy groups -OCH3 is 1. The molecular formula is C25H32N2O5S. The van der Waals surface area contributed by atoms with Gasteiger partial charge < -0.3 is 19.3 Å². The maximum Gasteiger partial charge on any atom is 0.350 e. The largest absolute Gasteiger partial charge is 0.465 e. The zero-order valence-corrected chi connectivity index (χ0v) is 20.2. The molecular weight excluding hydrogens is 440 g/mol. The highest BCUT2D eigenvalue weighted by Crippen LogP contribution is 2.36. The number of hydrogen-bond donors (Lipinski definition) is 0. The van der Waals surface area contributed by atoms with Crippen LogP contribution >= 0.6 is 11.3 Å². The van der Waals surface area contributed by atoms with Crippen molar-refractivity contribution in [2.45, 2.75) is 45.4 Å². The number of hydrogen-bond acceptors (Lipinski definition) is 6. The van der Waals surface area contributed by atoms with Gasteiger partial charge in [0.2, 0.25) is 11.8 Å². The first kappa shape index (κ1) is 23.8. The number of esters is 1. The second-order valence-electron chi connectivity index (χ2n) is 9.23. The number of nitrogens with zero attached hydrogens (tertiary/aromatic N) is 2. The fourth-order valence-corrected chi connectivity index (χ4v) is 5.28. The lowest BCUT2D eigenvalue weighted by atomic mass is 9.82. The summed E-state index contributed by atoms with van der Waals surface area (Å²) < 4.78 is 10.4. The Kier molecular flexibility index (Phi) is 7.71. The van der Waals surface area contributed by atoms with E-state index in [2.05, 4.69) is 18.8 Å². The van der Waals surface area contributed by atoms with Crippen LogP contribution in [0.2, 0.25) is 0 Å². The van der Waals surface area contributed by atoms with E-state index in [1.807, 2.05) is 0 Å². The van der Waals surface area contributed by atoms with Crippen LogP contribution in [-0.2, 0) is 19.1 Å². The van der Waals surface area contributed by atoms with Gasteiger partial charge in [0.25, 0.3) is 0 Å². The van der Waals surface area contributed by atoms with Crippen LogP contribution in [-0.4, -0.2) is 62.6 Å². The summed E-state index contributed by atoms with van der Waals surface area (Å²) in [5.74, 6) is 6.51. The van der Waals surface area contributed by atoms with Crippen molar-refractivity contribution in [3.63, 3.8) is 0 Å². The molecule has 0 unspecified atom stereocenters. The predicted molar refractivity (Wildman–Crippen MR) is 126 cm³/mol. The van der Waals surface area contributed by atoms with E-state index in [-0.39, 0.29) is 24.3 Å². The monoisotopic (exact) mass is 472 g/mol. The third-order valence-corrected chi connectivity index (χ3v) is 7.66. The Balaban J connectivity index is 1.65. The van der Waals surface area contributed by atoms with Gasteiger partial charge in [0, 0.05) is 24.9 Å². The number of ether oxygens (including phenoxy) is 2. The van der Waals surface area contributed by atoms with E-state index in [4.69, 9.17) is 9.47 Å². The summed E-state index contributed by atoms with van der Waals surface area (Å²) in [4.78, 5) is 43.8. The molecule has 7 nitrogen and oxygen atoms in total. The van der Waals surface area contributed by atoms with E-state index in [0.717, 1.165) is 38.5 Å². The first-order valence-corrected chi connectivity index (χ1v) is 12.7. The standard InChI is InChI=1S/C25H32N2O5S/c1-17-3-8-19(9-4-17)24(29)27(16-22(28)26-11-13-32-14-12-26)21-15-20(10-7-18-5-6-18)33-23(21)25(30)31-2/h15,17-19H,3-6,8-9,11-14,16H2,1-2H3/t17-,19-. The molecule has 0 bridgehead atoms. The SMILES string of the molecule is COC(=O)c1sc(C#CC2CC2)cc1N(CC(=O)N1CCOCC1)C(=O)[C@H]1CC[C@H](C)CC1. The van der Waals surface area contributed by atoms with Crippen LogP contribution in [0.15, 0.2) is 6.07 Å². The number of amides is 2. The number of thiophene rings is 1. The van der Waals surface area contributed by atoms with Crippen LogP contribution in [0.4, 0.5) is 5.69 Å². The molecule has 1 saturated heterocycles. The normalized spacial score (nSPS) is 22.8. The molecule has 1 aromatic heterocycles. The van der Waals surface area contributed by atoms with Crippen molar-refractivity contribution in [2.75, 3.05) is 44.9 Å². The van der Waals surface area contributed by atoms with Crippen LogP contribution in [0.3, 0.4) is 0 Å². The van der Waals surface area contributed by atoms with Crippen molar-refractivity contribution in [1.82, 2.24) is 4.90 Å². The van der Waals surface area contributed by atoms with Gasteiger partial charge in [0.15, 0.2) is 0 Å². The van der Waals surface area contributed by atoms with Gasteiger partial charge in [-0.1, -0.05) is 18.8 Å². The van der Waals surface area contributed by atoms with E-state index >= 15 is 0 Å². The molecule has 2 amide bonds. The molecule has 3 fully saturated rings. The molecule has 0 aromatic carbocycles. The minimum Gasteiger partial charge on any atom is -0.465 e. The summed E-state index contributed by atoms with van der Waals surface area (Å²) in [5, 5.41) is 0. The summed E-state index contributed by atoms with van der Waals surface area (Å²) in [5.41, 5.74) is 0.442. The molecule has 178 valence electrons. The molecule has 0 spiro atoms. The predicted octanol–water partition coefficient (Wildman–Crippen LogP) is 3.31. The molecule has 2 heterocycles. The van der Waals surface area contributed by atoms with E-state index in [9.17, 15) is 14.4 Å². The van der Waals surface area contributed by atoms with Crippen molar-refractivity contribution in [1.29, 1.82) is 0 Å². The average Bonchev–Trinajstić information content (AvgIpc) is 3.58. The fourth-order valence-electron chi connectivity index (χ4n) is 4.34. The number of anilines is 1. The molecule has 3 aliphatic rings.